The third-order valence-electron chi connectivity index (χ3n) is 2.88. The first-order valence-corrected chi connectivity index (χ1v) is 6.93. The van der Waals surface area contributed by atoms with Crippen molar-refractivity contribution in [2.45, 2.75) is 19.8 Å². The van der Waals surface area contributed by atoms with Gasteiger partial charge in [-0.2, -0.15) is 0 Å². The second-order valence-corrected chi connectivity index (χ2v) is 4.42. The van der Waals surface area contributed by atoms with Crippen LogP contribution in [0, 0.1) is 0 Å². The number of rotatable bonds is 7. The van der Waals surface area contributed by atoms with Crippen LogP contribution < -0.4 is 0 Å². The third kappa shape index (κ3) is 3.88. The van der Waals surface area contributed by atoms with Crippen LogP contribution in [0.1, 0.15) is 29.8 Å². The van der Waals surface area contributed by atoms with Gasteiger partial charge in [-0.05, 0) is 25.5 Å². The lowest BCUT2D eigenvalue weighted by Gasteiger charge is -2.05. The van der Waals surface area contributed by atoms with Gasteiger partial charge in [0.05, 0.1) is 12.3 Å². The molecular weight excluding hydrogens is 270 g/mol. The molecule has 0 spiro atoms. The topological polar surface area (TPSA) is 66.2 Å². The Bertz CT molecular complexity index is 581. The molecule has 0 bridgehead atoms. The minimum atomic E-state index is -0.500. The van der Waals surface area contributed by atoms with Gasteiger partial charge in [0.15, 0.2) is 0 Å². The van der Waals surface area contributed by atoms with E-state index in [1.807, 2.05) is 30.3 Å². The zero-order chi connectivity index (χ0) is 15.1. The van der Waals surface area contributed by atoms with E-state index in [0.29, 0.717) is 19.6 Å². The molecule has 0 N–H and O–H groups in total. The Morgan fingerprint density at radius 3 is 2.71 bits per heavy atom. The maximum absolute atomic E-state index is 11.8. The third-order valence-corrected chi connectivity index (χ3v) is 2.88. The van der Waals surface area contributed by atoms with Crippen LogP contribution in [0.25, 0.3) is 5.69 Å². The van der Waals surface area contributed by atoms with E-state index in [-0.39, 0.29) is 5.82 Å². The molecule has 0 aliphatic heterocycles. The summed E-state index contributed by atoms with van der Waals surface area (Å²) >= 11 is 0. The van der Waals surface area contributed by atoms with Crippen molar-refractivity contribution in [1.29, 1.82) is 0 Å². The summed E-state index contributed by atoms with van der Waals surface area (Å²) in [7, 11) is 1.66. The Kier molecular flexibility index (Phi) is 5.45. The highest BCUT2D eigenvalue weighted by atomic mass is 16.5. The molecule has 112 valence electrons. The normalized spacial score (nSPS) is 10.6. The summed E-state index contributed by atoms with van der Waals surface area (Å²) in [6.45, 7) is 2.69. The van der Waals surface area contributed by atoms with Gasteiger partial charge in [0.2, 0.25) is 0 Å². The van der Waals surface area contributed by atoms with Gasteiger partial charge in [-0.15, -0.1) is 5.10 Å². The van der Waals surface area contributed by atoms with Crippen molar-refractivity contribution < 1.29 is 14.3 Å². The Labute approximate surface area is 123 Å². The Morgan fingerprint density at radius 2 is 2.05 bits per heavy atom. The number of hydrogen-bond donors (Lipinski definition) is 0. The average Bonchev–Trinajstić information content (AvgIpc) is 2.93. The molecule has 0 unspecified atom stereocenters. The standard InChI is InChI=1S/C15H19N3O3/c1-3-21-15(19)14-16-13(10-7-11-20-2)18(17-14)12-8-5-4-6-9-12/h4-6,8-9H,3,7,10-11H2,1-2H3. The van der Waals surface area contributed by atoms with Gasteiger partial charge in [-0.3, -0.25) is 0 Å². The highest BCUT2D eigenvalue weighted by Crippen LogP contribution is 2.12. The smallest absolute Gasteiger partial charge is 0.378 e. The number of esters is 1. The summed E-state index contributed by atoms with van der Waals surface area (Å²) < 4.78 is 11.7. The van der Waals surface area contributed by atoms with Gasteiger partial charge < -0.3 is 9.47 Å². The first-order valence-electron chi connectivity index (χ1n) is 6.93. The van der Waals surface area contributed by atoms with Crippen molar-refractivity contribution in [3.63, 3.8) is 0 Å². The summed E-state index contributed by atoms with van der Waals surface area (Å²) in [4.78, 5) is 16.1. The van der Waals surface area contributed by atoms with Gasteiger partial charge in [0.25, 0.3) is 5.82 Å². The first kappa shape index (κ1) is 15.2. The fourth-order valence-electron chi connectivity index (χ4n) is 1.94. The number of carbonyl (C=O) groups excluding carboxylic acids is 1. The van der Waals surface area contributed by atoms with Crippen LogP contribution in [-0.2, 0) is 15.9 Å². The summed E-state index contributed by atoms with van der Waals surface area (Å²) in [6, 6.07) is 9.60. The molecule has 6 heteroatoms. The minimum Gasteiger partial charge on any atom is -0.460 e. The zero-order valence-corrected chi connectivity index (χ0v) is 12.3. The number of ether oxygens (including phenoxy) is 2. The molecule has 1 aromatic heterocycles. The molecule has 0 radical (unpaired) electrons. The number of methoxy groups -OCH3 is 1. The molecule has 0 fully saturated rings. The van der Waals surface area contributed by atoms with E-state index in [4.69, 9.17) is 9.47 Å². The molecule has 2 rings (SSSR count). The molecule has 0 saturated carbocycles. The predicted octanol–water partition coefficient (Wildman–Crippen LogP) is 2.02. The van der Waals surface area contributed by atoms with Crippen molar-refractivity contribution in [2.75, 3.05) is 20.3 Å². The van der Waals surface area contributed by atoms with E-state index in [2.05, 4.69) is 10.1 Å². The quantitative estimate of drug-likeness (QED) is 0.576. The van der Waals surface area contributed by atoms with Crippen molar-refractivity contribution in [1.82, 2.24) is 14.8 Å². The van der Waals surface area contributed by atoms with Gasteiger partial charge in [-0.25, -0.2) is 14.5 Å². The fourth-order valence-corrected chi connectivity index (χ4v) is 1.94. The van der Waals surface area contributed by atoms with Crippen LogP contribution in [0.15, 0.2) is 30.3 Å². The lowest BCUT2D eigenvalue weighted by molar-refractivity contribution is 0.0512. The van der Waals surface area contributed by atoms with E-state index < -0.39 is 5.97 Å². The SMILES string of the molecule is CCOC(=O)c1nc(CCCOC)n(-c2ccccc2)n1. The molecule has 0 aliphatic rings. The highest BCUT2D eigenvalue weighted by molar-refractivity contribution is 5.85. The molecule has 0 saturated heterocycles. The summed E-state index contributed by atoms with van der Waals surface area (Å²) in [6.07, 6.45) is 1.49. The molecule has 1 aromatic carbocycles. The van der Waals surface area contributed by atoms with E-state index in [1.54, 1.807) is 18.7 Å². The van der Waals surface area contributed by atoms with E-state index >= 15 is 0 Å². The Morgan fingerprint density at radius 1 is 1.29 bits per heavy atom. The van der Waals surface area contributed by atoms with Gasteiger partial charge in [0.1, 0.15) is 5.82 Å². The number of para-hydroxylation sites is 1. The van der Waals surface area contributed by atoms with Crippen LogP contribution in [0.4, 0.5) is 0 Å². The maximum Gasteiger partial charge on any atom is 0.378 e. The maximum atomic E-state index is 11.8. The lowest BCUT2D eigenvalue weighted by atomic mass is 10.3. The minimum absolute atomic E-state index is 0.0909. The number of carbonyl (C=O) groups is 1. The molecule has 6 nitrogen and oxygen atoms in total. The van der Waals surface area contributed by atoms with Crippen LogP contribution in [0.3, 0.4) is 0 Å². The average molecular weight is 289 g/mol. The molecule has 1 heterocycles. The molecule has 21 heavy (non-hydrogen) atoms. The first-order chi connectivity index (χ1) is 10.3. The van der Waals surface area contributed by atoms with Gasteiger partial charge >= 0.3 is 5.97 Å². The molecule has 2 aromatic rings. The Balaban J connectivity index is 2.29. The predicted molar refractivity (Wildman–Crippen MR) is 77.5 cm³/mol. The summed E-state index contributed by atoms with van der Waals surface area (Å²) in [5, 5.41) is 4.27. The summed E-state index contributed by atoms with van der Waals surface area (Å²) in [5.74, 6) is 0.314. The fraction of sp³-hybridized carbons (Fsp3) is 0.400. The van der Waals surface area contributed by atoms with E-state index in [9.17, 15) is 4.79 Å². The monoisotopic (exact) mass is 289 g/mol. The second kappa shape index (κ2) is 7.54. The molecule has 0 amide bonds. The number of nitrogens with zero attached hydrogens (tertiary/aromatic N) is 3. The van der Waals surface area contributed by atoms with Crippen LogP contribution >= 0.6 is 0 Å². The van der Waals surface area contributed by atoms with Gasteiger partial charge in [0, 0.05) is 20.1 Å². The number of benzene rings is 1. The molecule has 0 atom stereocenters. The zero-order valence-electron chi connectivity index (χ0n) is 12.3. The lowest BCUT2D eigenvalue weighted by Crippen LogP contribution is -2.07. The van der Waals surface area contributed by atoms with Crippen LogP contribution in [-0.4, -0.2) is 41.1 Å². The number of aromatic nitrogens is 3. The van der Waals surface area contributed by atoms with Crippen molar-refractivity contribution in [3.05, 3.63) is 42.0 Å². The van der Waals surface area contributed by atoms with E-state index in [1.165, 1.54) is 0 Å². The number of aryl methyl sites for hydroxylation is 1. The molecular formula is C15H19N3O3. The van der Waals surface area contributed by atoms with Crippen LogP contribution in [0.2, 0.25) is 0 Å². The van der Waals surface area contributed by atoms with E-state index in [0.717, 1.165) is 17.9 Å². The largest absolute Gasteiger partial charge is 0.460 e. The van der Waals surface area contributed by atoms with Gasteiger partial charge in [-0.1, -0.05) is 18.2 Å². The van der Waals surface area contributed by atoms with Crippen molar-refractivity contribution in [3.8, 4) is 5.69 Å². The van der Waals surface area contributed by atoms with Crippen molar-refractivity contribution in [2.24, 2.45) is 0 Å². The molecule has 0 aliphatic carbocycles. The number of hydrogen-bond acceptors (Lipinski definition) is 5. The summed E-state index contributed by atoms with van der Waals surface area (Å²) in [5.41, 5.74) is 0.868. The van der Waals surface area contributed by atoms with Crippen LogP contribution in [0.5, 0.6) is 0 Å². The Hall–Kier alpha value is -2.21. The highest BCUT2D eigenvalue weighted by Gasteiger charge is 2.18. The second-order valence-electron chi connectivity index (χ2n) is 4.42. The van der Waals surface area contributed by atoms with Crippen molar-refractivity contribution >= 4 is 5.97 Å².